The summed E-state index contributed by atoms with van der Waals surface area (Å²) in [6.07, 6.45) is 4.61. The van der Waals surface area contributed by atoms with E-state index in [0.29, 0.717) is 6.42 Å². The molecule has 0 aromatic rings. The number of hydrogen-bond donors (Lipinski definition) is 0. The van der Waals surface area contributed by atoms with E-state index in [-0.39, 0.29) is 9.75 Å². The summed E-state index contributed by atoms with van der Waals surface area (Å²) in [5, 5.41) is 10.7. The Balaban J connectivity index is 3.95. The Labute approximate surface area is 88.2 Å². The van der Waals surface area contributed by atoms with E-state index in [2.05, 4.69) is 22.9 Å². The maximum Gasteiger partial charge on any atom is 0.225 e. The van der Waals surface area contributed by atoms with E-state index in [1.807, 2.05) is 6.92 Å². The summed E-state index contributed by atoms with van der Waals surface area (Å²) in [4.78, 5) is 10.6. The second kappa shape index (κ2) is 7.30. The number of alkyl halides is 1. The zero-order valence-electron chi connectivity index (χ0n) is 8.33. The lowest BCUT2D eigenvalue weighted by molar-refractivity contribution is -0.522. The Morgan fingerprint density at radius 3 is 2.31 bits per heavy atom. The molecule has 0 aliphatic carbocycles. The van der Waals surface area contributed by atoms with Crippen LogP contribution >= 0.6 is 15.9 Å². The summed E-state index contributed by atoms with van der Waals surface area (Å²) in [5.41, 5.74) is 0. The zero-order valence-corrected chi connectivity index (χ0v) is 9.92. The van der Waals surface area contributed by atoms with Crippen LogP contribution in [0.4, 0.5) is 0 Å². The normalized spacial score (nSPS) is 15.3. The highest BCUT2D eigenvalue weighted by Crippen LogP contribution is 2.19. The van der Waals surface area contributed by atoms with Gasteiger partial charge >= 0.3 is 0 Å². The van der Waals surface area contributed by atoms with Gasteiger partial charge in [0.2, 0.25) is 6.04 Å². The number of nitro groups is 1. The van der Waals surface area contributed by atoms with Crippen LogP contribution in [-0.2, 0) is 0 Å². The highest BCUT2D eigenvalue weighted by molar-refractivity contribution is 9.09. The van der Waals surface area contributed by atoms with Crippen molar-refractivity contribution in [3.8, 4) is 0 Å². The van der Waals surface area contributed by atoms with Crippen LogP contribution in [0.3, 0.4) is 0 Å². The van der Waals surface area contributed by atoms with Crippen LogP contribution in [-0.4, -0.2) is 15.8 Å². The monoisotopic (exact) mass is 251 g/mol. The second-order valence-electron chi connectivity index (χ2n) is 3.30. The molecule has 4 heteroatoms. The number of hydrogen-bond acceptors (Lipinski definition) is 2. The van der Waals surface area contributed by atoms with Crippen molar-refractivity contribution in [3.63, 3.8) is 0 Å². The number of halogens is 1. The fraction of sp³-hybridized carbons (Fsp3) is 1.00. The standard InChI is InChI=1S/C9H18BrNO2/c1-3-5-7-8(10)9(6-4-2)11(12)13/h8-9H,3-7H2,1-2H3. The molecule has 13 heavy (non-hydrogen) atoms. The fourth-order valence-electron chi connectivity index (χ4n) is 1.31. The van der Waals surface area contributed by atoms with Crippen molar-refractivity contribution >= 4 is 15.9 Å². The van der Waals surface area contributed by atoms with E-state index < -0.39 is 6.04 Å². The van der Waals surface area contributed by atoms with E-state index in [9.17, 15) is 10.1 Å². The third kappa shape index (κ3) is 5.24. The van der Waals surface area contributed by atoms with E-state index in [0.717, 1.165) is 25.7 Å². The lowest BCUT2D eigenvalue weighted by Gasteiger charge is -2.14. The highest BCUT2D eigenvalue weighted by atomic mass is 79.9. The maximum atomic E-state index is 10.7. The first-order valence-electron chi connectivity index (χ1n) is 4.91. The van der Waals surface area contributed by atoms with Crippen LogP contribution < -0.4 is 0 Å². The Kier molecular flexibility index (Phi) is 7.23. The average molecular weight is 252 g/mol. The lowest BCUT2D eigenvalue weighted by Crippen LogP contribution is -2.29. The van der Waals surface area contributed by atoms with Crippen molar-refractivity contribution in [3.05, 3.63) is 10.1 Å². The summed E-state index contributed by atoms with van der Waals surface area (Å²) in [7, 11) is 0. The van der Waals surface area contributed by atoms with Crippen molar-refractivity contribution in [2.24, 2.45) is 0 Å². The zero-order chi connectivity index (χ0) is 10.3. The molecule has 0 spiro atoms. The van der Waals surface area contributed by atoms with Gasteiger partial charge < -0.3 is 0 Å². The maximum absolute atomic E-state index is 10.7. The Morgan fingerprint density at radius 1 is 1.31 bits per heavy atom. The third-order valence-corrected chi connectivity index (χ3v) is 3.17. The predicted octanol–water partition coefficient (Wildman–Crippen LogP) is 3.39. The summed E-state index contributed by atoms with van der Waals surface area (Å²) < 4.78 is 0. The molecular weight excluding hydrogens is 234 g/mol. The van der Waals surface area contributed by atoms with Gasteiger partial charge in [-0.15, -0.1) is 0 Å². The molecule has 78 valence electrons. The van der Waals surface area contributed by atoms with Gasteiger partial charge in [-0.05, 0) is 12.8 Å². The van der Waals surface area contributed by atoms with Crippen molar-refractivity contribution < 1.29 is 4.92 Å². The molecule has 0 heterocycles. The first kappa shape index (κ1) is 12.9. The van der Waals surface area contributed by atoms with Gasteiger partial charge in [-0.3, -0.25) is 10.1 Å². The summed E-state index contributed by atoms with van der Waals surface area (Å²) >= 11 is 3.41. The molecule has 0 amide bonds. The largest absolute Gasteiger partial charge is 0.264 e. The van der Waals surface area contributed by atoms with E-state index in [4.69, 9.17) is 0 Å². The Hall–Kier alpha value is -0.120. The number of nitrogens with zero attached hydrogens (tertiary/aromatic N) is 1. The minimum atomic E-state index is -0.406. The summed E-state index contributed by atoms with van der Waals surface area (Å²) in [5.74, 6) is 0. The van der Waals surface area contributed by atoms with Crippen molar-refractivity contribution in [2.75, 3.05) is 0 Å². The molecular formula is C9H18BrNO2. The van der Waals surface area contributed by atoms with E-state index in [1.165, 1.54) is 0 Å². The van der Waals surface area contributed by atoms with Gasteiger partial charge in [0.25, 0.3) is 0 Å². The second-order valence-corrected chi connectivity index (χ2v) is 4.48. The first-order chi connectivity index (χ1) is 6.13. The minimum Gasteiger partial charge on any atom is -0.264 e. The van der Waals surface area contributed by atoms with Crippen LogP contribution in [0.2, 0.25) is 0 Å². The van der Waals surface area contributed by atoms with Crippen LogP contribution in [0.15, 0.2) is 0 Å². The van der Waals surface area contributed by atoms with Crippen molar-refractivity contribution in [2.45, 2.75) is 56.8 Å². The molecule has 0 aliphatic rings. The molecule has 0 saturated carbocycles. The SMILES string of the molecule is CCCCC(Br)C(CCC)[N+](=O)[O-]. The molecule has 0 N–H and O–H groups in total. The van der Waals surface area contributed by atoms with Gasteiger partial charge in [0.05, 0.1) is 4.83 Å². The van der Waals surface area contributed by atoms with Crippen molar-refractivity contribution in [1.29, 1.82) is 0 Å². The molecule has 0 aromatic carbocycles. The highest BCUT2D eigenvalue weighted by Gasteiger charge is 2.27. The predicted molar refractivity (Wildman–Crippen MR) is 57.9 cm³/mol. The molecule has 0 bridgehead atoms. The molecule has 3 nitrogen and oxygen atoms in total. The van der Waals surface area contributed by atoms with Gasteiger partial charge in [-0.25, -0.2) is 0 Å². The van der Waals surface area contributed by atoms with Gasteiger partial charge in [0.1, 0.15) is 0 Å². The quantitative estimate of drug-likeness (QED) is 0.396. The lowest BCUT2D eigenvalue weighted by atomic mass is 10.0. The van der Waals surface area contributed by atoms with Gasteiger partial charge in [-0.1, -0.05) is 42.6 Å². The first-order valence-corrected chi connectivity index (χ1v) is 5.82. The van der Waals surface area contributed by atoms with Gasteiger partial charge in [-0.2, -0.15) is 0 Å². The topological polar surface area (TPSA) is 43.1 Å². The van der Waals surface area contributed by atoms with E-state index in [1.54, 1.807) is 0 Å². The van der Waals surface area contributed by atoms with Crippen LogP contribution in [0, 0.1) is 10.1 Å². The Bertz CT molecular complexity index is 153. The molecule has 2 unspecified atom stereocenters. The van der Waals surface area contributed by atoms with Crippen molar-refractivity contribution in [1.82, 2.24) is 0 Å². The average Bonchev–Trinajstić information content (AvgIpc) is 2.09. The van der Waals surface area contributed by atoms with Gasteiger partial charge in [0.15, 0.2) is 0 Å². The Morgan fingerprint density at radius 2 is 1.92 bits per heavy atom. The molecule has 0 radical (unpaired) electrons. The molecule has 0 aliphatic heterocycles. The molecule has 0 rings (SSSR count). The van der Waals surface area contributed by atoms with E-state index >= 15 is 0 Å². The summed E-state index contributed by atoms with van der Waals surface area (Å²) in [6, 6.07) is -0.406. The minimum absolute atomic E-state index is 0.0439. The molecule has 0 aromatic heterocycles. The number of rotatable bonds is 7. The molecule has 0 fully saturated rings. The molecule has 2 atom stereocenters. The summed E-state index contributed by atoms with van der Waals surface area (Å²) in [6.45, 7) is 4.08. The van der Waals surface area contributed by atoms with Crippen LogP contribution in [0.25, 0.3) is 0 Å². The van der Waals surface area contributed by atoms with Crippen LogP contribution in [0.5, 0.6) is 0 Å². The van der Waals surface area contributed by atoms with Gasteiger partial charge in [0, 0.05) is 11.3 Å². The fourth-order valence-corrected chi connectivity index (χ4v) is 2.09. The molecule has 0 saturated heterocycles. The third-order valence-electron chi connectivity index (χ3n) is 2.11. The number of unbranched alkanes of at least 4 members (excludes halogenated alkanes) is 1. The van der Waals surface area contributed by atoms with Crippen LogP contribution in [0.1, 0.15) is 46.0 Å². The smallest absolute Gasteiger partial charge is 0.225 e.